The van der Waals surface area contributed by atoms with Crippen molar-refractivity contribution in [3.05, 3.63) is 66.3 Å². The van der Waals surface area contributed by atoms with Gasteiger partial charge in [-0.25, -0.2) is 0 Å². The van der Waals surface area contributed by atoms with Crippen LogP contribution in [0, 0.1) is 18.3 Å². The molecule has 0 spiro atoms. The van der Waals surface area contributed by atoms with Crippen LogP contribution in [0.3, 0.4) is 0 Å². The van der Waals surface area contributed by atoms with E-state index in [1.54, 1.807) is 12.2 Å². The van der Waals surface area contributed by atoms with Gasteiger partial charge in [0.2, 0.25) is 0 Å². The van der Waals surface area contributed by atoms with Gasteiger partial charge in [0.05, 0.1) is 6.07 Å². The van der Waals surface area contributed by atoms with Crippen molar-refractivity contribution in [2.45, 2.75) is 6.92 Å². The maximum absolute atomic E-state index is 8.52. The lowest BCUT2D eigenvalue weighted by Gasteiger charge is -2.00. The molecule has 0 unspecified atom stereocenters. The van der Waals surface area contributed by atoms with E-state index in [4.69, 9.17) is 5.26 Å². The zero-order chi connectivity index (χ0) is 11.3. The summed E-state index contributed by atoms with van der Waals surface area (Å²) in [5.41, 5.74) is 3.59. The Kier molecular flexibility index (Phi) is 3.65. The first-order chi connectivity index (χ1) is 7.13. The molecular formula is C14H13N. The molecule has 1 aromatic rings. The number of aryl methyl sites for hydroxylation is 1. The smallest absolute Gasteiger partial charge is 0.0985 e. The largest absolute Gasteiger partial charge is 0.192 e. The van der Waals surface area contributed by atoms with E-state index in [0.717, 1.165) is 11.1 Å². The van der Waals surface area contributed by atoms with Crippen LogP contribution in [-0.4, -0.2) is 0 Å². The molecule has 0 amide bonds. The Morgan fingerprint density at radius 3 is 2.33 bits per heavy atom. The lowest BCUT2D eigenvalue weighted by atomic mass is 10.0. The molecule has 0 saturated carbocycles. The molecule has 0 fully saturated rings. The van der Waals surface area contributed by atoms with Crippen molar-refractivity contribution in [1.82, 2.24) is 0 Å². The Morgan fingerprint density at radius 2 is 1.80 bits per heavy atom. The molecule has 0 bridgehead atoms. The summed E-state index contributed by atoms with van der Waals surface area (Å²) >= 11 is 0. The Hall–Kier alpha value is -2.07. The van der Waals surface area contributed by atoms with E-state index < -0.39 is 0 Å². The van der Waals surface area contributed by atoms with Crippen LogP contribution in [0.4, 0.5) is 0 Å². The van der Waals surface area contributed by atoms with Gasteiger partial charge in [0, 0.05) is 5.57 Å². The second-order valence-corrected chi connectivity index (χ2v) is 3.36. The van der Waals surface area contributed by atoms with Crippen LogP contribution in [0.1, 0.15) is 11.1 Å². The van der Waals surface area contributed by atoms with E-state index >= 15 is 0 Å². The topological polar surface area (TPSA) is 23.8 Å². The Bertz CT molecular complexity index is 441. The molecule has 74 valence electrons. The third-order valence-electron chi connectivity index (χ3n) is 2.05. The van der Waals surface area contributed by atoms with Crippen LogP contribution >= 0.6 is 0 Å². The van der Waals surface area contributed by atoms with Crippen molar-refractivity contribution >= 4 is 5.57 Å². The molecule has 0 radical (unpaired) electrons. The van der Waals surface area contributed by atoms with Crippen LogP contribution in [0.15, 0.2) is 55.1 Å². The maximum atomic E-state index is 8.52. The van der Waals surface area contributed by atoms with Crippen LogP contribution in [0.25, 0.3) is 5.57 Å². The van der Waals surface area contributed by atoms with Crippen molar-refractivity contribution in [2.24, 2.45) is 0 Å². The summed E-state index contributed by atoms with van der Waals surface area (Å²) in [6.45, 7) is 9.53. The number of hydrogen-bond acceptors (Lipinski definition) is 1. The molecule has 0 aliphatic carbocycles. The highest BCUT2D eigenvalue weighted by atomic mass is 14.2. The van der Waals surface area contributed by atoms with E-state index in [1.165, 1.54) is 5.56 Å². The molecule has 0 N–H and O–H groups in total. The number of allylic oxidation sites excluding steroid dienone is 4. The predicted octanol–water partition coefficient (Wildman–Crippen LogP) is 3.64. The van der Waals surface area contributed by atoms with Crippen molar-refractivity contribution in [3.63, 3.8) is 0 Å². The lowest BCUT2D eigenvalue weighted by molar-refractivity contribution is 1.46. The molecule has 15 heavy (non-hydrogen) atoms. The summed E-state index contributed by atoms with van der Waals surface area (Å²) in [7, 11) is 0. The van der Waals surface area contributed by atoms with E-state index in [0.29, 0.717) is 5.57 Å². The van der Waals surface area contributed by atoms with E-state index in [-0.39, 0.29) is 0 Å². The van der Waals surface area contributed by atoms with Gasteiger partial charge < -0.3 is 0 Å². The Morgan fingerprint density at radius 1 is 1.20 bits per heavy atom. The number of rotatable bonds is 3. The summed E-state index contributed by atoms with van der Waals surface area (Å²) in [5, 5.41) is 8.52. The molecule has 0 saturated heterocycles. The Labute approximate surface area is 90.7 Å². The molecule has 1 heteroatoms. The standard InChI is InChI=1S/C14H13N/c1-11-5-8-14(9-6-11)13(3)7-4-12(2)10-15/h4-9H,2-3H2,1H3/b7-4-. The predicted molar refractivity (Wildman–Crippen MR) is 64.1 cm³/mol. The second kappa shape index (κ2) is 4.97. The molecule has 0 atom stereocenters. The fourth-order valence-electron chi connectivity index (χ4n) is 1.10. The molecule has 0 heterocycles. The van der Waals surface area contributed by atoms with Crippen LogP contribution in [0.5, 0.6) is 0 Å². The zero-order valence-corrected chi connectivity index (χ0v) is 8.83. The van der Waals surface area contributed by atoms with Crippen LogP contribution in [-0.2, 0) is 0 Å². The minimum Gasteiger partial charge on any atom is -0.192 e. The summed E-state index contributed by atoms with van der Waals surface area (Å²) in [4.78, 5) is 0. The van der Waals surface area contributed by atoms with Gasteiger partial charge in [-0.2, -0.15) is 5.26 Å². The van der Waals surface area contributed by atoms with Crippen molar-refractivity contribution in [2.75, 3.05) is 0 Å². The average molecular weight is 195 g/mol. The fourth-order valence-corrected chi connectivity index (χ4v) is 1.10. The number of nitrogens with zero attached hydrogens (tertiary/aromatic N) is 1. The highest BCUT2D eigenvalue weighted by Crippen LogP contribution is 2.14. The summed E-state index contributed by atoms with van der Waals surface area (Å²) in [5.74, 6) is 0. The van der Waals surface area contributed by atoms with E-state index in [2.05, 4.69) is 13.2 Å². The molecule has 0 aliphatic rings. The van der Waals surface area contributed by atoms with Gasteiger partial charge in [-0.3, -0.25) is 0 Å². The SMILES string of the molecule is C=C(C#N)/C=C\C(=C)c1ccc(C)cc1. The molecule has 1 aromatic carbocycles. The first-order valence-electron chi connectivity index (χ1n) is 4.66. The molecule has 1 rings (SSSR count). The van der Waals surface area contributed by atoms with Gasteiger partial charge in [0.25, 0.3) is 0 Å². The van der Waals surface area contributed by atoms with E-state index in [1.807, 2.05) is 37.3 Å². The van der Waals surface area contributed by atoms with Gasteiger partial charge in [0.1, 0.15) is 0 Å². The molecule has 0 aliphatic heterocycles. The normalized spacial score (nSPS) is 9.87. The van der Waals surface area contributed by atoms with Gasteiger partial charge in [-0.1, -0.05) is 49.1 Å². The minimum atomic E-state index is 0.434. The minimum absolute atomic E-state index is 0.434. The quantitative estimate of drug-likeness (QED) is 0.533. The molecular weight excluding hydrogens is 182 g/mol. The molecule has 0 aromatic heterocycles. The summed E-state index contributed by atoms with van der Waals surface area (Å²) < 4.78 is 0. The lowest BCUT2D eigenvalue weighted by Crippen LogP contribution is -1.79. The van der Waals surface area contributed by atoms with Gasteiger partial charge >= 0.3 is 0 Å². The first-order valence-corrected chi connectivity index (χ1v) is 4.66. The zero-order valence-electron chi connectivity index (χ0n) is 8.83. The number of nitriles is 1. The van der Waals surface area contributed by atoms with Crippen LogP contribution < -0.4 is 0 Å². The average Bonchev–Trinajstić information content (AvgIpc) is 2.26. The number of hydrogen-bond donors (Lipinski definition) is 0. The molecule has 1 nitrogen and oxygen atoms in total. The highest BCUT2D eigenvalue weighted by Gasteiger charge is 1.94. The monoisotopic (exact) mass is 195 g/mol. The fraction of sp³-hybridized carbons (Fsp3) is 0.0714. The summed E-state index contributed by atoms with van der Waals surface area (Å²) in [6, 6.07) is 10.1. The highest BCUT2D eigenvalue weighted by molar-refractivity contribution is 5.72. The van der Waals surface area contributed by atoms with Crippen molar-refractivity contribution in [3.8, 4) is 6.07 Å². The van der Waals surface area contributed by atoms with Crippen molar-refractivity contribution in [1.29, 1.82) is 5.26 Å². The Balaban J connectivity index is 2.79. The first kappa shape index (κ1) is 11.0. The summed E-state index contributed by atoms with van der Waals surface area (Å²) in [6.07, 6.45) is 3.47. The van der Waals surface area contributed by atoms with Gasteiger partial charge in [-0.15, -0.1) is 0 Å². The third-order valence-corrected chi connectivity index (χ3v) is 2.05. The second-order valence-electron chi connectivity index (χ2n) is 3.36. The van der Waals surface area contributed by atoms with Crippen LogP contribution in [0.2, 0.25) is 0 Å². The van der Waals surface area contributed by atoms with Gasteiger partial charge in [-0.05, 0) is 24.1 Å². The maximum Gasteiger partial charge on any atom is 0.0985 e. The van der Waals surface area contributed by atoms with Crippen molar-refractivity contribution < 1.29 is 0 Å². The van der Waals surface area contributed by atoms with E-state index in [9.17, 15) is 0 Å². The third kappa shape index (κ3) is 3.28. The number of benzene rings is 1. The van der Waals surface area contributed by atoms with Gasteiger partial charge in [0.15, 0.2) is 0 Å².